The zero-order valence-electron chi connectivity index (χ0n) is 8.27. The van der Waals surface area contributed by atoms with Gasteiger partial charge in [0, 0.05) is 0 Å². The molecule has 0 bridgehead atoms. The molecule has 0 spiro atoms. The minimum absolute atomic E-state index is 0.0843. The minimum atomic E-state index is -1.65. The van der Waals surface area contributed by atoms with Crippen molar-refractivity contribution in [2.75, 3.05) is 0 Å². The summed E-state index contributed by atoms with van der Waals surface area (Å²) in [7, 11) is 0. The van der Waals surface area contributed by atoms with Gasteiger partial charge in [0.15, 0.2) is 11.1 Å². The van der Waals surface area contributed by atoms with Crippen molar-refractivity contribution in [2.24, 2.45) is 11.8 Å². The third kappa shape index (κ3) is 3.24. The van der Waals surface area contributed by atoms with E-state index >= 15 is 0 Å². The maximum absolute atomic E-state index is 10.8. The SMILES string of the molecule is CC1C=CCCC1CC(C)S(=O)O. The highest BCUT2D eigenvalue weighted by Crippen LogP contribution is 2.29. The Morgan fingerprint density at radius 2 is 2.38 bits per heavy atom. The molecule has 13 heavy (non-hydrogen) atoms. The van der Waals surface area contributed by atoms with Gasteiger partial charge in [-0.25, -0.2) is 4.21 Å². The van der Waals surface area contributed by atoms with Gasteiger partial charge in [-0.3, -0.25) is 0 Å². The fourth-order valence-electron chi connectivity index (χ4n) is 1.88. The third-order valence-corrected chi connectivity index (χ3v) is 3.75. The van der Waals surface area contributed by atoms with Gasteiger partial charge < -0.3 is 4.55 Å². The predicted octanol–water partition coefficient (Wildman–Crippen LogP) is 2.59. The molecule has 4 atom stereocenters. The van der Waals surface area contributed by atoms with Crippen LogP contribution in [0.1, 0.15) is 33.1 Å². The first-order valence-corrected chi connectivity index (χ1v) is 6.04. The van der Waals surface area contributed by atoms with Gasteiger partial charge in [0.25, 0.3) is 0 Å². The van der Waals surface area contributed by atoms with Crippen LogP contribution in [0.4, 0.5) is 0 Å². The van der Waals surface area contributed by atoms with Crippen molar-refractivity contribution in [2.45, 2.75) is 38.4 Å². The Balaban J connectivity index is 2.44. The van der Waals surface area contributed by atoms with Gasteiger partial charge in [-0.2, -0.15) is 0 Å². The summed E-state index contributed by atoms with van der Waals surface area (Å²) in [6, 6.07) is 0. The van der Waals surface area contributed by atoms with Gasteiger partial charge in [0.05, 0.1) is 5.25 Å². The second kappa shape index (κ2) is 4.91. The average Bonchev–Trinajstić information content (AvgIpc) is 2.08. The summed E-state index contributed by atoms with van der Waals surface area (Å²) in [4.78, 5) is 0. The smallest absolute Gasteiger partial charge is 0.155 e. The summed E-state index contributed by atoms with van der Waals surface area (Å²) in [6.07, 6.45) is 7.59. The van der Waals surface area contributed by atoms with Crippen LogP contribution in [0.5, 0.6) is 0 Å². The Morgan fingerprint density at radius 1 is 1.69 bits per heavy atom. The minimum Gasteiger partial charge on any atom is -0.306 e. The lowest BCUT2D eigenvalue weighted by Gasteiger charge is -2.26. The van der Waals surface area contributed by atoms with Gasteiger partial charge in [0.1, 0.15) is 0 Å². The molecule has 0 amide bonds. The summed E-state index contributed by atoms with van der Waals surface area (Å²) < 4.78 is 19.7. The fraction of sp³-hybridized carbons (Fsp3) is 0.800. The predicted molar refractivity (Wildman–Crippen MR) is 55.9 cm³/mol. The maximum atomic E-state index is 10.8. The van der Waals surface area contributed by atoms with E-state index < -0.39 is 11.1 Å². The number of allylic oxidation sites excluding steroid dienone is 2. The summed E-state index contributed by atoms with van der Waals surface area (Å²) in [5, 5.41) is -0.0843. The van der Waals surface area contributed by atoms with E-state index in [0.717, 1.165) is 12.8 Å². The van der Waals surface area contributed by atoms with E-state index in [2.05, 4.69) is 19.1 Å². The van der Waals surface area contributed by atoms with Crippen molar-refractivity contribution in [3.8, 4) is 0 Å². The lowest BCUT2D eigenvalue weighted by atomic mass is 9.82. The van der Waals surface area contributed by atoms with Crippen LogP contribution in [0.15, 0.2) is 12.2 Å². The van der Waals surface area contributed by atoms with Crippen molar-refractivity contribution < 1.29 is 8.76 Å². The molecule has 4 unspecified atom stereocenters. The standard InChI is InChI=1S/C10H18O2S/c1-8-5-3-4-6-10(8)7-9(2)13(11)12/h3,5,8-10H,4,6-7H2,1-2H3,(H,11,12). The van der Waals surface area contributed by atoms with Crippen molar-refractivity contribution >= 4 is 11.1 Å². The average molecular weight is 202 g/mol. The van der Waals surface area contributed by atoms with Crippen molar-refractivity contribution in [3.05, 3.63) is 12.2 Å². The van der Waals surface area contributed by atoms with Gasteiger partial charge in [-0.15, -0.1) is 0 Å². The molecule has 0 radical (unpaired) electrons. The second-order valence-electron chi connectivity index (χ2n) is 3.95. The summed E-state index contributed by atoms with van der Waals surface area (Å²) >= 11 is -1.65. The van der Waals surface area contributed by atoms with Gasteiger partial charge in [0.2, 0.25) is 0 Å². The highest BCUT2D eigenvalue weighted by atomic mass is 32.2. The molecule has 0 aromatic rings. The fourth-order valence-corrected chi connectivity index (χ4v) is 2.29. The van der Waals surface area contributed by atoms with Crippen molar-refractivity contribution in [1.82, 2.24) is 0 Å². The molecule has 1 rings (SSSR count). The molecule has 2 nitrogen and oxygen atoms in total. The summed E-state index contributed by atoms with van der Waals surface area (Å²) in [5.41, 5.74) is 0. The quantitative estimate of drug-likeness (QED) is 0.564. The maximum Gasteiger partial charge on any atom is 0.155 e. The molecule has 0 fully saturated rings. The van der Waals surface area contributed by atoms with Crippen LogP contribution in [-0.4, -0.2) is 14.0 Å². The first kappa shape index (κ1) is 10.9. The molecule has 0 aliphatic heterocycles. The Morgan fingerprint density at radius 3 is 2.92 bits per heavy atom. The Hall–Kier alpha value is -0.150. The van der Waals surface area contributed by atoms with Gasteiger partial charge in [-0.1, -0.05) is 19.1 Å². The Labute approximate surface area is 82.7 Å². The number of hydrogen-bond acceptors (Lipinski definition) is 1. The topological polar surface area (TPSA) is 37.3 Å². The highest BCUT2D eigenvalue weighted by molar-refractivity contribution is 7.79. The van der Waals surface area contributed by atoms with Crippen LogP contribution < -0.4 is 0 Å². The summed E-state index contributed by atoms with van der Waals surface area (Å²) in [6.45, 7) is 4.04. The molecule has 0 saturated carbocycles. The number of hydrogen-bond donors (Lipinski definition) is 1. The molecule has 3 heteroatoms. The van der Waals surface area contributed by atoms with Crippen LogP contribution in [0.25, 0.3) is 0 Å². The van der Waals surface area contributed by atoms with Crippen LogP contribution in [0.3, 0.4) is 0 Å². The van der Waals surface area contributed by atoms with E-state index in [-0.39, 0.29) is 5.25 Å². The van der Waals surface area contributed by atoms with Crippen LogP contribution in [0.2, 0.25) is 0 Å². The first-order chi connectivity index (χ1) is 6.11. The summed E-state index contributed by atoms with van der Waals surface area (Å²) in [5.74, 6) is 1.16. The Bertz CT molecular complexity index is 213. The van der Waals surface area contributed by atoms with Crippen molar-refractivity contribution in [1.29, 1.82) is 0 Å². The van der Waals surface area contributed by atoms with E-state index in [1.165, 1.54) is 6.42 Å². The lowest BCUT2D eigenvalue weighted by molar-refractivity contribution is 0.349. The van der Waals surface area contributed by atoms with E-state index in [1.807, 2.05) is 6.92 Å². The molecular weight excluding hydrogens is 184 g/mol. The van der Waals surface area contributed by atoms with E-state index in [0.29, 0.717) is 11.8 Å². The molecule has 0 heterocycles. The van der Waals surface area contributed by atoms with Crippen molar-refractivity contribution in [3.63, 3.8) is 0 Å². The second-order valence-corrected chi connectivity index (χ2v) is 5.30. The first-order valence-electron chi connectivity index (χ1n) is 4.87. The molecule has 1 aliphatic rings. The molecular formula is C10H18O2S. The van der Waals surface area contributed by atoms with Gasteiger partial charge in [-0.05, 0) is 38.0 Å². The Kier molecular flexibility index (Phi) is 4.13. The zero-order chi connectivity index (χ0) is 9.84. The van der Waals surface area contributed by atoms with E-state index in [4.69, 9.17) is 4.55 Å². The van der Waals surface area contributed by atoms with E-state index in [1.54, 1.807) is 0 Å². The third-order valence-electron chi connectivity index (χ3n) is 2.87. The van der Waals surface area contributed by atoms with Gasteiger partial charge >= 0.3 is 0 Å². The molecule has 1 aliphatic carbocycles. The monoisotopic (exact) mass is 202 g/mol. The normalized spacial score (nSPS) is 32.8. The molecule has 0 saturated heterocycles. The lowest BCUT2D eigenvalue weighted by Crippen LogP contribution is -2.21. The van der Waals surface area contributed by atoms with Crippen LogP contribution in [-0.2, 0) is 11.1 Å². The molecule has 0 aromatic carbocycles. The van der Waals surface area contributed by atoms with Crippen LogP contribution in [0, 0.1) is 11.8 Å². The largest absolute Gasteiger partial charge is 0.306 e. The highest BCUT2D eigenvalue weighted by Gasteiger charge is 2.22. The molecule has 76 valence electrons. The molecule has 1 N–H and O–H groups in total. The zero-order valence-corrected chi connectivity index (χ0v) is 9.09. The van der Waals surface area contributed by atoms with Crippen LogP contribution >= 0.6 is 0 Å². The molecule has 0 aromatic heterocycles. The number of rotatable bonds is 3. The van der Waals surface area contributed by atoms with E-state index in [9.17, 15) is 4.21 Å².